The Balaban J connectivity index is 2.96. The zero-order valence-corrected chi connectivity index (χ0v) is 11.7. The molecule has 1 aromatic carbocycles. The van der Waals surface area contributed by atoms with E-state index >= 15 is 0 Å². The maximum absolute atomic E-state index is 12.3. The molecule has 0 aliphatic heterocycles. The van der Waals surface area contributed by atoms with Crippen LogP contribution in [-0.4, -0.2) is 30.9 Å². The number of sulfone groups is 1. The van der Waals surface area contributed by atoms with Crippen LogP contribution in [0.5, 0.6) is 0 Å². The summed E-state index contributed by atoms with van der Waals surface area (Å²) in [5.41, 5.74) is -0.0811. The number of aliphatic hydroxyl groups is 1. The molecule has 0 aliphatic rings. The molecule has 0 radical (unpaired) electrons. The SMILES string of the molecule is CC(O)C(C)(C)Nc1ccc(S(=O)(=O)C(F)F)cc1. The fourth-order valence-corrected chi connectivity index (χ4v) is 2.03. The van der Waals surface area contributed by atoms with Crippen LogP contribution in [0.1, 0.15) is 20.8 Å². The standard InChI is InChI=1S/C12H17F2NO3S/c1-8(16)12(2,3)15-9-4-6-10(7-5-9)19(17,18)11(13)14/h4-8,11,15-16H,1-3H3. The highest BCUT2D eigenvalue weighted by molar-refractivity contribution is 7.91. The summed E-state index contributed by atoms with van der Waals surface area (Å²) in [6, 6.07) is 5.00. The minimum absolute atomic E-state index is 0.428. The van der Waals surface area contributed by atoms with E-state index in [1.807, 2.05) is 0 Å². The average molecular weight is 293 g/mol. The largest absolute Gasteiger partial charge is 0.391 e. The van der Waals surface area contributed by atoms with Crippen LogP contribution in [-0.2, 0) is 9.84 Å². The highest BCUT2D eigenvalue weighted by Gasteiger charge is 2.27. The first-order valence-electron chi connectivity index (χ1n) is 5.66. The predicted octanol–water partition coefficient (Wildman–Crippen LogP) is 2.25. The second-order valence-corrected chi connectivity index (χ2v) is 6.77. The van der Waals surface area contributed by atoms with E-state index in [9.17, 15) is 22.3 Å². The smallest absolute Gasteiger partial charge is 0.341 e. The molecule has 0 fully saturated rings. The number of alkyl halides is 2. The summed E-state index contributed by atoms with van der Waals surface area (Å²) in [6.07, 6.45) is -0.642. The summed E-state index contributed by atoms with van der Waals surface area (Å²) in [5.74, 6) is -3.43. The van der Waals surface area contributed by atoms with E-state index in [2.05, 4.69) is 5.32 Å². The molecule has 1 unspecified atom stereocenters. The number of hydrogen-bond donors (Lipinski definition) is 2. The molecule has 0 heterocycles. The zero-order valence-electron chi connectivity index (χ0n) is 10.9. The predicted molar refractivity (Wildman–Crippen MR) is 69.0 cm³/mol. The monoisotopic (exact) mass is 293 g/mol. The third-order valence-electron chi connectivity index (χ3n) is 2.93. The first-order chi connectivity index (χ1) is 8.57. The Bertz CT molecular complexity index is 524. The molecular weight excluding hydrogens is 276 g/mol. The summed E-state index contributed by atoms with van der Waals surface area (Å²) in [4.78, 5) is -0.428. The third-order valence-corrected chi connectivity index (χ3v) is 4.33. The molecular formula is C12H17F2NO3S. The molecule has 0 spiro atoms. The van der Waals surface area contributed by atoms with Crippen LogP contribution in [0.3, 0.4) is 0 Å². The van der Waals surface area contributed by atoms with E-state index in [-0.39, 0.29) is 0 Å². The quantitative estimate of drug-likeness (QED) is 0.874. The molecule has 1 rings (SSSR count). The van der Waals surface area contributed by atoms with Crippen LogP contribution >= 0.6 is 0 Å². The van der Waals surface area contributed by atoms with Crippen molar-refractivity contribution >= 4 is 15.5 Å². The van der Waals surface area contributed by atoms with Gasteiger partial charge in [0.1, 0.15) is 0 Å². The normalized spacial score (nSPS) is 14.5. The summed E-state index contributed by atoms with van der Waals surface area (Å²) < 4.78 is 47.1. The number of hydrogen-bond acceptors (Lipinski definition) is 4. The first kappa shape index (κ1) is 15.8. The molecule has 0 bridgehead atoms. The fourth-order valence-electron chi connectivity index (χ4n) is 1.31. The van der Waals surface area contributed by atoms with Gasteiger partial charge in [0.05, 0.1) is 16.5 Å². The van der Waals surface area contributed by atoms with Crippen molar-refractivity contribution in [2.45, 2.75) is 43.1 Å². The van der Waals surface area contributed by atoms with Gasteiger partial charge >= 0.3 is 5.76 Å². The van der Waals surface area contributed by atoms with Crippen molar-refractivity contribution in [2.24, 2.45) is 0 Å². The Morgan fingerprint density at radius 1 is 1.21 bits per heavy atom. The minimum atomic E-state index is -4.56. The molecule has 108 valence electrons. The molecule has 2 N–H and O–H groups in total. The van der Waals surface area contributed by atoms with Gasteiger partial charge in [0, 0.05) is 5.69 Å². The van der Waals surface area contributed by atoms with Gasteiger partial charge < -0.3 is 10.4 Å². The molecule has 0 amide bonds. The molecule has 0 aliphatic carbocycles. The summed E-state index contributed by atoms with van der Waals surface area (Å²) in [6.45, 7) is 5.14. The number of halogens is 2. The molecule has 1 aromatic rings. The Morgan fingerprint density at radius 2 is 1.68 bits per heavy atom. The highest BCUT2D eigenvalue weighted by Crippen LogP contribution is 2.23. The van der Waals surface area contributed by atoms with Crippen LogP contribution < -0.4 is 5.32 Å². The van der Waals surface area contributed by atoms with Gasteiger partial charge in [0.25, 0.3) is 0 Å². The maximum atomic E-state index is 12.3. The zero-order chi connectivity index (χ0) is 14.8. The topological polar surface area (TPSA) is 66.4 Å². The van der Waals surface area contributed by atoms with Crippen LogP contribution in [0.15, 0.2) is 29.2 Å². The molecule has 7 heteroatoms. The number of anilines is 1. The molecule has 0 saturated carbocycles. The summed E-state index contributed by atoms with van der Waals surface area (Å²) in [5, 5.41) is 12.5. The van der Waals surface area contributed by atoms with Crippen molar-refractivity contribution in [3.8, 4) is 0 Å². The summed E-state index contributed by atoms with van der Waals surface area (Å²) in [7, 11) is -4.56. The second kappa shape index (κ2) is 5.42. The Hall–Kier alpha value is -1.21. The number of aliphatic hydroxyl groups excluding tert-OH is 1. The Morgan fingerprint density at radius 3 is 2.05 bits per heavy atom. The van der Waals surface area contributed by atoms with E-state index in [0.29, 0.717) is 5.69 Å². The summed E-state index contributed by atoms with van der Waals surface area (Å²) >= 11 is 0. The van der Waals surface area contributed by atoms with Crippen molar-refractivity contribution < 1.29 is 22.3 Å². The lowest BCUT2D eigenvalue weighted by molar-refractivity contribution is 0.133. The van der Waals surface area contributed by atoms with E-state index in [1.165, 1.54) is 12.1 Å². The van der Waals surface area contributed by atoms with E-state index in [1.54, 1.807) is 20.8 Å². The Kier molecular flexibility index (Phi) is 4.52. The number of rotatable bonds is 5. The molecule has 19 heavy (non-hydrogen) atoms. The van der Waals surface area contributed by atoms with Gasteiger partial charge in [-0.1, -0.05) is 0 Å². The van der Waals surface area contributed by atoms with Crippen molar-refractivity contribution in [3.63, 3.8) is 0 Å². The van der Waals surface area contributed by atoms with E-state index < -0.39 is 32.1 Å². The minimum Gasteiger partial charge on any atom is -0.391 e. The second-order valence-electron chi connectivity index (χ2n) is 4.85. The highest BCUT2D eigenvalue weighted by atomic mass is 32.2. The molecule has 0 saturated heterocycles. The number of nitrogens with one attached hydrogen (secondary N) is 1. The lowest BCUT2D eigenvalue weighted by Gasteiger charge is -2.30. The maximum Gasteiger partial charge on any atom is 0.341 e. The van der Waals surface area contributed by atoms with Gasteiger partial charge in [-0.25, -0.2) is 8.42 Å². The molecule has 0 aromatic heterocycles. The molecule has 4 nitrogen and oxygen atoms in total. The van der Waals surface area contributed by atoms with Gasteiger partial charge in [0.15, 0.2) is 0 Å². The molecule has 1 atom stereocenters. The van der Waals surface area contributed by atoms with Crippen LogP contribution in [0.2, 0.25) is 0 Å². The van der Waals surface area contributed by atoms with E-state index in [4.69, 9.17) is 0 Å². The van der Waals surface area contributed by atoms with Gasteiger partial charge in [-0.05, 0) is 45.0 Å². The average Bonchev–Trinajstić information content (AvgIpc) is 2.28. The van der Waals surface area contributed by atoms with Gasteiger partial charge in [-0.2, -0.15) is 8.78 Å². The van der Waals surface area contributed by atoms with Crippen molar-refractivity contribution in [1.29, 1.82) is 0 Å². The van der Waals surface area contributed by atoms with Gasteiger partial charge in [-0.3, -0.25) is 0 Å². The van der Waals surface area contributed by atoms with Gasteiger partial charge in [-0.15, -0.1) is 0 Å². The lowest BCUT2D eigenvalue weighted by Crippen LogP contribution is -2.41. The van der Waals surface area contributed by atoms with E-state index in [0.717, 1.165) is 12.1 Å². The van der Waals surface area contributed by atoms with Crippen LogP contribution in [0.4, 0.5) is 14.5 Å². The van der Waals surface area contributed by atoms with Crippen LogP contribution in [0.25, 0.3) is 0 Å². The lowest BCUT2D eigenvalue weighted by atomic mass is 9.98. The Labute approximate surface area is 111 Å². The van der Waals surface area contributed by atoms with Crippen LogP contribution in [0, 0.1) is 0 Å². The van der Waals surface area contributed by atoms with Crippen molar-refractivity contribution in [1.82, 2.24) is 0 Å². The fraction of sp³-hybridized carbons (Fsp3) is 0.500. The third kappa shape index (κ3) is 3.63. The van der Waals surface area contributed by atoms with Crippen molar-refractivity contribution in [2.75, 3.05) is 5.32 Å². The first-order valence-corrected chi connectivity index (χ1v) is 7.20. The van der Waals surface area contributed by atoms with Gasteiger partial charge in [0.2, 0.25) is 9.84 Å². The number of benzene rings is 1. The van der Waals surface area contributed by atoms with Crippen molar-refractivity contribution in [3.05, 3.63) is 24.3 Å².